The van der Waals surface area contributed by atoms with Gasteiger partial charge in [-0.3, -0.25) is 15.4 Å². The van der Waals surface area contributed by atoms with Crippen LogP contribution >= 0.6 is 0 Å². The number of ether oxygens (including phenoxy) is 1. The summed E-state index contributed by atoms with van der Waals surface area (Å²) in [5, 5.41) is 21.9. The molecule has 0 aliphatic heterocycles. The fourth-order valence-corrected chi connectivity index (χ4v) is 2.02. The number of hydrogen-bond donors (Lipinski definition) is 4. The van der Waals surface area contributed by atoms with Crippen molar-refractivity contribution in [1.82, 2.24) is 5.32 Å². The molecule has 1 fully saturated rings. The van der Waals surface area contributed by atoms with Gasteiger partial charge in [0, 0.05) is 12.3 Å². The second-order valence-electron chi connectivity index (χ2n) is 4.18. The lowest BCUT2D eigenvalue weighted by atomic mass is 9.83. The molecule has 0 aromatic rings. The minimum Gasteiger partial charge on any atom is -0.390 e. The van der Waals surface area contributed by atoms with Crippen LogP contribution in [0, 0.1) is 5.92 Å². The van der Waals surface area contributed by atoms with Crippen molar-refractivity contribution >= 4 is 0 Å². The molecule has 5 N–H and O–H groups in total. The Labute approximate surface area is 94.8 Å². The first-order valence-corrected chi connectivity index (χ1v) is 5.65. The van der Waals surface area contributed by atoms with Crippen molar-refractivity contribution in [3.05, 3.63) is 0 Å². The van der Waals surface area contributed by atoms with Gasteiger partial charge in [0.25, 0.3) is 0 Å². The topological polar surface area (TPSA) is 87.7 Å². The summed E-state index contributed by atoms with van der Waals surface area (Å²) in [6.45, 7) is 1.91. The molecule has 6 heteroatoms. The first kappa shape index (κ1) is 13.8. The van der Waals surface area contributed by atoms with Gasteiger partial charge in [0.1, 0.15) is 0 Å². The van der Waals surface area contributed by atoms with E-state index >= 15 is 0 Å². The second kappa shape index (κ2) is 6.46. The second-order valence-corrected chi connectivity index (χ2v) is 4.18. The molecule has 1 rings (SSSR count). The molecule has 96 valence electrons. The monoisotopic (exact) mass is 236 g/mol. The molecule has 5 atom stereocenters. The van der Waals surface area contributed by atoms with Crippen LogP contribution in [-0.2, 0) is 4.74 Å². The quantitative estimate of drug-likeness (QED) is 0.475. The van der Waals surface area contributed by atoms with Gasteiger partial charge in [0.05, 0.1) is 25.0 Å². The van der Waals surface area contributed by atoms with Gasteiger partial charge < -0.3 is 14.9 Å². The van der Waals surface area contributed by atoms with Crippen molar-refractivity contribution < 1.29 is 19.3 Å². The maximum atomic E-state index is 12.6. The Bertz CT molecular complexity index is 209. The van der Waals surface area contributed by atoms with Crippen LogP contribution in [0.5, 0.6) is 0 Å². The number of aliphatic hydroxyl groups excluding tert-OH is 2. The van der Waals surface area contributed by atoms with Gasteiger partial charge in [-0.2, -0.15) is 0 Å². The van der Waals surface area contributed by atoms with Crippen molar-refractivity contribution in [3.63, 3.8) is 0 Å². The zero-order valence-electron chi connectivity index (χ0n) is 9.47. The summed E-state index contributed by atoms with van der Waals surface area (Å²) in [4.78, 5) is 0. The Morgan fingerprint density at radius 1 is 1.50 bits per heavy atom. The maximum absolute atomic E-state index is 12.6. The highest BCUT2D eigenvalue weighted by molar-refractivity contribution is 4.86. The third-order valence-electron chi connectivity index (χ3n) is 2.89. The van der Waals surface area contributed by atoms with Gasteiger partial charge in [-0.05, 0) is 13.0 Å². The lowest BCUT2D eigenvalue weighted by molar-refractivity contribution is -0.127. The number of hydrogen-bond acceptors (Lipinski definition) is 5. The van der Waals surface area contributed by atoms with Crippen LogP contribution < -0.4 is 11.1 Å². The molecule has 0 saturated heterocycles. The predicted molar refractivity (Wildman–Crippen MR) is 57.2 cm³/mol. The summed E-state index contributed by atoms with van der Waals surface area (Å²) in [6, 6.07) is 0. The third-order valence-corrected chi connectivity index (χ3v) is 2.89. The number of halogens is 1. The molecule has 3 unspecified atom stereocenters. The van der Waals surface area contributed by atoms with E-state index in [9.17, 15) is 14.6 Å². The molecule has 0 spiro atoms. The lowest BCUT2D eigenvalue weighted by Gasteiger charge is -2.36. The molecule has 1 aliphatic carbocycles. The van der Waals surface area contributed by atoms with Gasteiger partial charge in [-0.25, -0.2) is 0 Å². The zero-order valence-corrected chi connectivity index (χ0v) is 9.47. The van der Waals surface area contributed by atoms with E-state index in [0.717, 1.165) is 0 Å². The molecule has 5 nitrogen and oxygen atoms in total. The molecular weight excluding hydrogens is 215 g/mol. The molecule has 0 radical (unpaired) electrons. The molecule has 0 aromatic heterocycles. The Morgan fingerprint density at radius 2 is 2.19 bits per heavy atom. The number of nitrogens with two attached hydrogens (primary N) is 1. The van der Waals surface area contributed by atoms with Gasteiger partial charge >= 0.3 is 0 Å². The van der Waals surface area contributed by atoms with Crippen LogP contribution in [0.2, 0.25) is 0 Å². The third kappa shape index (κ3) is 3.64. The fraction of sp³-hybridized carbons (Fsp3) is 1.00. The Morgan fingerprint density at radius 3 is 2.75 bits per heavy atom. The molecule has 0 heterocycles. The highest BCUT2D eigenvalue weighted by atomic mass is 19.1. The largest absolute Gasteiger partial charge is 0.390 e. The van der Waals surface area contributed by atoms with Crippen LogP contribution in [-0.4, -0.2) is 48.1 Å². The van der Waals surface area contributed by atoms with Crippen LogP contribution in [0.3, 0.4) is 0 Å². The average Bonchev–Trinajstić information content (AvgIpc) is 2.23. The van der Waals surface area contributed by atoms with E-state index in [1.807, 2.05) is 6.92 Å². The van der Waals surface area contributed by atoms with Crippen molar-refractivity contribution in [2.75, 3.05) is 13.2 Å². The van der Waals surface area contributed by atoms with Crippen molar-refractivity contribution in [3.8, 4) is 0 Å². The van der Waals surface area contributed by atoms with Crippen LogP contribution in [0.1, 0.15) is 19.8 Å². The minimum absolute atomic E-state index is 0.288. The fourth-order valence-electron chi connectivity index (χ4n) is 2.02. The highest BCUT2D eigenvalue weighted by Crippen LogP contribution is 2.27. The Kier molecular flexibility index (Phi) is 5.57. The molecule has 0 aromatic carbocycles. The molecule has 16 heavy (non-hydrogen) atoms. The van der Waals surface area contributed by atoms with Gasteiger partial charge in [0.15, 0.2) is 6.35 Å². The lowest BCUT2D eigenvalue weighted by Crippen LogP contribution is -2.49. The summed E-state index contributed by atoms with van der Waals surface area (Å²) in [6.07, 6.45) is -2.19. The molecular formula is C10H21FN2O3. The highest BCUT2D eigenvalue weighted by Gasteiger charge is 2.36. The van der Waals surface area contributed by atoms with E-state index in [0.29, 0.717) is 13.0 Å². The van der Waals surface area contributed by atoms with Crippen LogP contribution in [0.4, 0.5) is 4.39 Å². The molecule has 1 aliphatic rings. The zero-order chi connectivity index (χ0) is 12.1. The van der Waals surface area contributed by atoms with E-state index in [-0.39, 0.29) is 12.5 Å². The van der Waals surface area contributed by atoms with Gasteiger partial charge in [-0.1, -0.05) is 6.92 Å². The molecule has 1 saturated carbocycles. The van der Waals surface area contributed by atoms with Gasteiger partial charge in [0.2, 0.25) is 0 Å². The SMILES string of the molecule is CCNC(N)O[C@@H]1CC(O)[C@H](O)C(CF)C1. The van der Waals surface area contributed by atoms with Gasteiger partial charge in [-0.15, -0.1) is 0 Å². The summed E-state index contributed by atoms with van der Waals surface area (Å²) in [5.74, 6) is -0.567. The smallest absolute Gasteiger partial charge is 0.161 e. The standard InChI is InChI=1S/C10H21FN2O3/c1-2-13-10(12)16-7-3-6(5-11)9(15)8(14)4-7/h6-10,13-15H,2-5,12H2,1H3/t6?,7-,8?,9+,10?/m0/s1. The molecule has 0 bridgehead atoms. The summed E-state index contributed by atoms with van der Waals surface area (Å²) in [5.41, 5.74) is 5.61. The van der Waals surface area contributed by atoms with E-state index in [1.165, 1.54) is 0 Å². The average molecular weight is 236 g/mol. The number of aliphatic hydroxyl groups is 2. The normalized spacial score (nSPS) is 37.3. The molecule has 0 amide bonds. The summed E-state index contributed by atoms with van der Waals surface area (Å²) >= 11 is 0. The van der Waals surface area contributed by atoms with Crippen molar-refractivity contribution in [2.45, 2.75) is 44.4 Å². The predicted octanol–water partition coefficient (Wildman–Crippen LogP) is -0.675. The number of alkyl halides is 1. The van der Waals surface area contributed by atoms with E-state index < -0.39 is 31.2 Å². The Hall–Kier alpha value is -0.270. The number of rotatable bonds is 5. The minimum atomic E-state index is -1.000. The summed E-state index contributed by atoms with van der Waals surface area (Å²) in [7, 11) is 0. The Balaban J connectivity index is 2.43. The van der Waals surface area contributed by atoms with Crippen molar-refractivity contribution in [2.24, 2.45) is 11.7 Å². The van der Waals surface area contributed by atoms with E-state index in [1.54, 1.807) is 0 Å². The summed E-state index contributed by atoms with van der Waals surface area (Å²) < 4.78 is 18.0. The first-order chi connectivity index (χ1) is 7.58. The van der Waals surface area contributed by atoms with E-state index in [2.05, 4.69) is 5.32 Å². The maximum Gasteiger partial charge on any atom is 0.161 e. The first-order valence-electron chi connectivity index (χ1n) is 5.65. The van der Waals surface area contributed by atoms with E-state index in [4.69, 9.17) is 10.5 Å². The van der Waals surface area contributed by atoms with Crippen molar-refractivity contribution in [1.29, 1.82) is 0 Å². The van der Waals surface area contributed by atoms with Crippen LogP contribution in [0.15, 0.2) is 0 Å². The number of nitrogens with one attached hydrogen (secondary N) is 1. The van der Waals surface area contributed by atoms with Crippen LogP contribution in [0.25, 0.3) is 0 Å².